The molecule has 0 atom stereocenters. The molecule has 3 rings (SSSR count). The summed E-state index contributed by atoms with van der Waals surface area (Å²) in [5.41, 5.74) is 0.286. The molecule has 1 amide bonds. The van der Waals surface area contributed by atoms with Crippen molar-refractivity contribution in [2.45, 2.75) is 19.9 Å². The van der Waals surface area contributed by atoms with Gasteiger partial charge in [-0.1, -0.05) is 13.0 Å². The highest BCUT2D eigenvalue weighted by Crippen LogP contribution is 2.19. The van der Waals surface area contributed by atoms with Gasteiger partial charge in [0.05, 0.1) is 12.8 Å². The van der Waals surface area contributed by atoms with Crippen molar-refractivity contribution in [1.29, 1.82) is 0 Å². The average Bonchev–Trinajstić information content (AvgIpc) is 3.25. The van der Waals surface area contributed by atoms with Crippen molar-refractivity contribution < 1.29 is 18.0 Å². The Labute approximate surface area is 137 Å². The summed E-state index contributed by atoms with van der Waals surface area (Å²) in [6.45, 7) is 2.60. The first-order chi connectivity index (χ1) is 11.7. The lowest BCUT2D eigenvalue weighted by Gasteiger charge is -2.20. The van der Waals surface area contributed by atoms with Gasteiger partial charge in [0.1, 0.15) is 5.82 Å². The van der Waals surface area contributed by atoms with Gasteiger partial charge < -0.3 is 13.7 Å². The van der Waals surface area contributed by atoms with E-state index < -0.39 is 5.82 Å². The molecule has 0 aliphatic rings. The van der Waals surface area contributed by atoms with Gasteiger partial charge in [0, 0.05) is 12.1 Å². The van der Waals surface area contributed by atoms with Crippen molar-refractivity contribution in [2.75, 3.05) is 6.54 Å². The summed E-state index contributed by atoms with van der Waals surface area (Å²) in [4.78, 5) is 14.1. The maximum atomic E-state index is 13.3. The molecule has 0 fully saturated rings. The molecule has 0 radical (unpaired) electrons. The van der Waals surface area contributed by atoms with E-state index in [1.165, 1.54) is 24.5 Å². The van der Waals surface area contributed by atoms with Crippen LogP contribution in [-0.2, 0) is 6.54 Å². The van der Waals surface area contributed by atoms with E-state index in [0.717, 1.165) is 6.42 Å². The molecule has 7 heteroatoms. The summed E-state index contributed by atoms with van der Waals surface area (Å²) in [5.74, 6) is 0.279. The van der Waals surface area contributed by atoms with Crippen molar-refractivity contribution in [3.05, 3.63) is 59.9 Å². The van der Waals surface area contributed by atoms with Crippen molar-refractivity contribution >= 4 is 5.91 Å². The molecule has 0 bridgehead atoms. The number of nitrogens with zero attached hydrogens (tertiary/aromatic N) is 3. The molecule has 0 unspecified atom stereocenters. The molecule has 0 spiro atoms. The number of carbonyl (C=O) groups excluding carboxylic acids is 1. The van der Waals surface area contributed by atoms with Crippen LogP contribution in [-0.4, -0.2) is 27.5 Å². The van der Waals surface area contributed by atoms with Crippen LogP contribution in [0, 0.1) is 5.82 Å². The fraction of sp³-hybridized carbons (Fsp3) is 0.235. The first-order valence-corrected chi connectivity index (χ1v) is 7.58. The highest BCUT2D eigenvalue weighted by Gasteiger charge is 2.19. The van der Waals surface area contributed by atoms with Gasteiger partial charge in [-0.2, -0.15) is 0 Å². The molecule has 0 N–H and O–H groups in total. The molecule has 24 heavy (non-hydrogen) atoms. The number of halogens is 1. The van der Waals surface area contributed by atoms with Crippen LogP contribution < -0.4 is 0 Å². The molecule has 0 saturated heterocycles. The Hall–Kier alpha value is -2.96. The van der Waals surface area contributed by atoms with Gasteiger partial charge in [-0.3, -0.25) is 4.79 Å². The number of amides is 1. The Morgan fingerprint density at radius 1 is 1.25 bits per heavy atom. The smallest absolute Gasteiger partial charge is 0.283 e. The second-order valence-corrected chi connectivity index (χ2v) is 5.22. The van der Waals surface area contributed by atoms with E-state index in [1.54, 1.807) is 23.1 Å². The molecule has 0 aliphatic carbocycles. The van der Waals surface area contributed by atoms with Crippen LogP contribution >= 0.6 is 0 Å². The third-order valence-electron chi connectivity index (χ3n) is 3.38. The first-order valence-electron chi connectivity index (χ1n) is 7.58. The fourth-order valence-corrected chi connectivity index (χ4v) is 2.31. The summed E-state index contributed by atoms with van der Waals surface area (Å²) in [6, 6.07) is 9.03. The van der Waals surface area contributed by atoms with Crippen molar-refractivity contribution in [2.24, 2.45) is 0 Å². The normalized spacial score (nSPS) is 10.8. The predicted molar refractivity (Wildman–Crippen MR) is 83.4 cm³/mol. The fourth-order valence-electron chi connectivity index (χ4n) is 2.31. The topological polar surface area (TPSA) is 72.4 Å². The Morgan fingerprint density at radius 2 is 2.12 bits per heavy atom. The Balaban J connectivity index is 1.78. The largest absolute Gasteiger partial charge is 0.459 e. The van der Waals surface area contributed by atoms with Crippen LogP contribution in [0.3, 0.4) is 0 Å². The lowest BCUT2D eigenvalue weighted by molar-refractivity contribution is 0.0728. The standard InChI is InChI=1S/C17H16FN3O3/c1-2-8-21(17(22)12-5-3-6-13(18)10-12)11-15-19-20-16(24-15)14-7-4-9-23-14/h3-7,9-10H,2,8,11H2,1H3. The number of hydrogen-bond donors (Lipinski definition) is 0. The van der Waals surface area contributed by atoms with E-state index in [2.05, 4.69) is 10.2 Å². The van der Waals surface area contributed by atoms with E-state index >= 15 is 0 Å². The highest BCUT2D eigenvalue weighted by molar-refractivity contribution is 5.94. The second kappa shape index (κ2) is 7.08. The number of benzene rings is 1. The summed E-state index contributed by atoms with van der Waals surface area (Å²) in [5, 5.41) is 7.85. The van der Waals surface area contributed by atoms with Crippen LogP contribution in [0.4, 0.5) is 4.39 Å². The number of hydrogen-bond acceptors (Lipinski definition) is 5. The molecule has 2 aromatic heterocycles. The summed E-state index contributed by atoms with van der Waals surface area (Å²) in [6.07, 6.45) is 2.26. The number of rotatable bonds is 6. The maximum Gasteiger partial charge on any atom is 0.283 e. The van der Waals surface area contributed by atoms with Crippen molar-refractivity contribution in [3.8, 4) is 11.7 Å². The van der Waals surface area contributed by atoms with Crippen LogP contribution in [0.5, 0.6) is 0 Å². The van der Waals surface area contributed by atoms with Gasteiger partial charge in [-0.15, -0.1) is 10.2 Å². The molecule has 6 nitrogen and oxygen atoms in total. The van der Waals surface area contributed by atoms with E-state index in [0.29, 0.717) is 18.2 Å². The molecular formula is C17H16FN3O3. The zero-order chi connectivity index (χ0) is 16.9. The SMILES string of the molecule is CCCN(Cc1nnc(-c2ccco2)o1)C(=O)c1cccc(F)c1. The van der Waals surface area contributed by atoms with Crippen molar-refractivity contribution in [1.82, 2.24) is 15.1 Å². The molecule has 0 saturated carbocycles. The summed E-state index contributed by atoms with van der Waals surface area (Å²) >= 11 is 0. The number of aromatic nitrogens is 2. The monoisotopic (exact) mass is 329 g/mol. The van der Waals surface area contributed by atoms with Crippen LogP contribution in [0.15, 0.2) is 51.5 Å². The first kappa shape index (κ1) is 15.9. The van der Waals surface area contributed by atoms with Gasteiger partial charge in [0.2, 0.25) is 5.89 Å². The second-order valence-electron chi connectivity index (χ2n) is 5.22. The highest BCUT2D eigenvalue weighted by atomic mass is 19.1. The number of carbonyl (C=O) groups is 1. The van der Waals surface area contributed by atoms with E-state index in [1.807, 2.05) is 6.92 Å². The Morgan fingerprint density at radius 3 is 2.83 bits per heavy atom. The van der Waals surface area contributed by atoms with Gasteiger partial charge in [-0.05, 0) is 36.8 Å². The van der Waals surface area contributed by atoms with Gasteiger partial charge in [0.15, 0.2) is 5.76 Å². The molecule has 124 valence electrons. The lowest BCUT2D eigenvalue weighted by atomic mass is 10.2. The summed E-state index contributed by atoms with van der Waals surface area (Å²) in [7, 11) is 0. The Kier molecular flexibility index (Phi) is 4.69. The van der Waals surface area contributed by atoms with Gasteiger partial charge >= 0.3 is 0 Å². The molecule has 0 aliphatic heterocycles. The van der Waals surface area contributed by atoms with E-state index in [-0.39, 0.29) is 23.9 Å². The molecule has 2 heterocycles. The van der Waals surface area contributed by atoms with Crippen LogP contribution in [0.2, 0.25) is 0 Å². The maximum absolute atomic E-state index is 13.3. The van der Waals surface area contributed by atoms with E-state index in [9.17, 15) is 9.18 Å². The molecule has 3 aromatic rings. The van der Waals surface area contributed by atoms with Crippen LogP contribution in [0.1, 0.15) is 29.6 Å². The average molecular weight is 329 g/mol. The van der Waals surface area contributed by atoms with Gasteiger partial charge in [-0.25, -0.2) is 4.39 Å². The summed E-state index contributed by atoms with van der Waals surface area (Å²) < 4.78 is 24.1. The third-order valence-corrected chi connectivity index (χ3v) is 3.38. The zero-order valence-corrected chi connectivity index (χ0v) is 13.1. The quantitative estimate of drug-likeness (QED) is 0.692. The minimum absolute atomic E-state index is 0.150. The van der Waals surface area contributed by atoms with Gasteiger partial charge in [0.25, 0.3) is 11.8 Å². The third kappa shape index (κ3) is 3.51. The number of furan rings is 1. The minimum Gasteiger partial charge on any atom is -0.459 e. The minimum atomic E-state index is -0.449. The predicted octanol–water partition coefficient (Wildman–Crippen LogP) is 3.52. The van der Waals surface area contributed by atoms with Crippen LogP contribution in [0.25, 0.3) is 11.7 Å². The van der Waals surface area contributed by atoms with E-state index in [4.69, 9.17) is 8.83 Å². The van der Waals surface area contributed by atoms with Crippen molar-refractivity contribution in [3.63, 3.8) is 0 Å². The molecule has 1 aromatic carbocycles. The zero-order valence-electron chi connectivity index (χ0n) is 13.1. The molecular weight excluding hydrogens is 313 g/mol. The lowest BCUT2D eigenvalue weighted by Crippen LogP contribution is -2.31. The Bertz CT molecular complexity index is 814.